The molecule has 2 nitrogen and oxygen atoms in total. The molecular weight excluding hydrogens is 164 g/mol. The number of aliphatic hydroxyl groups is 2. The Morgan fingerprint density at radius 3 is 2.27 bits per heavy atom. The second-order valence-corrected chi connectivity index (χ2v) is 3.09. The van der Waals surface area contributed by atoms with Gasteiger partial charge in [-0.25, -0.2) is 0 Å². The maximum atomic E-state index is 9.21. The fraction of sp³-hybridized carbons (Fsp3) is 1.00. The Bertz CT molecular complexity index is 88.2. The first-order chi connectivity index (χ1) is 5.22. The fourth-order valence-electron chi connectivity index (χ4n) is 0.899. The molecule has 0 heterocycles. The van der Waals surface area contributed by atoms with Crippen molar-refractivity contribution >= 4 is 11.6 Å². The summed E-state index contributed by atoms with van der Waals surface area (Å²) < 4.78 is 0. The van der Waals surface area contributed by atoms with E-state index in [-0.39, 0.29) is 5.88 Å². The monoisotopic (exact) mass is 180 g/mol. The van der Waals surface area contributed by atoms with E-state index in [1.807, 2.05) is 0 Å². The molecule has 0 aromatic heterocycles. The molecule has 0 radical (unpaired) electrons. The van der Waals surface area contributed by atoms with Crippen LogP contribution in [-0.2, 0) is 0 Å². The lowest BCUT2D eigenvalue weighted by Crippen LogP contribution is -2.27. The third kappa shape index (κ3) is 5.48. The van der Waals surface area contributed by atoms with E-state index in [0.29, 0.717) is 6.42 Å². The van der Waals surface area contributed by atoms with E-state index in [0.717, 1.165) is 19.3 Å². The van der Waals surface area contributed by atoms with Gasteiger partial charge in [0.2, 0.25) is 0 Å². The van der Waals surface area contributed by atoms with Crippen LogP contribution in [0.25, 0.3) is 0 Å². The molecule has 0 aliphatic rings. The van der Waals surface area contributed by atoms with Crippen LogP contribution in [0.5, 0.6) is 0 Å². The van der Waals surface area contributed by atoms with Gasteiger partial charge in [0.05, 0.1) is 18.1 Å². The highest BCUT2D eigenvalue weighted by molar-refractivity contribution is 6.18. The molecule has 3 heteroatoms. The SMILES string of the molecule is CCCCC[C@@H](O)[C@H](O)CCl. The molecule has 0 aromatic carbocycles. The summed E-state index contributed by atoms with van der Waals surface area (Å²) >= 11 is 5.35. The molecule has 0 aromatic rings. The highest BCUT2D eigenvalue weighted by Gasteiger charge is 2.13. The zero-order valence-corrected chi connectivity index (χ0v) is 7.72. The zero-order chi connectivity index (χ0) is 8.69. The second-order valence-electron chi connectivity index (χ2n) is 2.78. The van der Waals surface area contributed by atoms with E-state index >= 15 is 0 Å². The molecule has 0 amide bonds. The summed E-state index contributed by atoms with van der Waals surface area (Å²) in [5.74, 6) is 0.118. The van der Waals surface area contributed by atoms with E-state index in [4.69, 9.17) is 16.7 Å². The van der Waals surface area contributed by atoms with Gasteiger partial charge in [-0.3, -0.25) is 0 Å². The second kappa shape index (κ2) is 6.89. The number of hydrogen-bond acceptors (Lipinski definition) is 2. The summed E-state index contributed by atoms with van der Waals surface area (Å²) in [6, 6.07) is 0. The molecule has 0 aliphatic carbocycles. The average Bonchev–Trinajstić information content (AvgIpc) is 2.03. The predicted molar refractivity (Wildman–Crippen MR) is 46.9 cm³/mol. The summed E-state index contributed by atoms with van der Waals surface area (Å²) in [6.07, 6.45) is 2.45. The smallest absolute Gasteiger partial charge is 0.0933 e. The van der Waals surface area contributed by atoms with Crippen molar-refractivity contribution in [2.75, 3.05) is 5.88 Å². The molecule has 0 bridgehead atoms. The summed E-state index contributed by atoms with van der Waals surface area (Å²) in [5, 5.41) is 18.3. The van der Waals surface area contributed by atoms with Crippen molar-refractivity contribution in [3.63, 3.8) is 0 Å². The third-order valence-corrected chi connectivity index (χ3v) is 2.02. The molecule has 2 atom stereocenters. The first kappa shape index (κ1) is 11.2. The van der Waals surface area contributed by atoms with Gasteiger partial charge in [-0.1, -0.05) is 26.2 Å². The van der Waals surface area contributed by atoms with Crippen LogP contribution in [0, 0.1) is 0 Å². The molecule has 0 aliphatic heterocycles. The normalized spacial score (nSPS) is 16.4. The first-order valence-electron chi connectivity index (χ1n) is 4.14. The van der Waals surface area contributed by atoms with Gasteiger partial charge in [-0.2, -0.15) is 0 Å². The lowest BCUT2D eigenvalue weighted by molar-refractivity contribution is 0.0268. The number of aliphatic hydroxyl groups excluding tert-OH is 2. The van der Waals surface area contributed by atoms with Gasteiger partial charge < -0.3 is 10.2 Å². The van der Waals surface area contributed by atoms with Gasteiger partial charge in [0.1, 0.15) is 0 Å². The van der Waals surface area contributed by atoms with E-state index < -0.39 is 12.2 Å². The zero-order valence-electron chi connectivity index (χ0n) is 6.96. The highest BCUT2D eigenvalue weighted by atomic mass is 35.5. The van der Waals surface area contributed by atoms with Crippen LogP contribution in [0.2, 0.25) is 0 Å². The summed E-state index contributed by atoms with van der Waals surface area (Å²) in [6.45, 7) is 2.10. The standard InChI is InChI=1S/C8H17ClO2/c1-2-3-4-5-7(10)8(11)6-9/h7-8,10-11H,2-6H2,1H3/t7-,8-/m1/s1. The average molecular weight is 181 g/mol. The Labute approximate surface area is 73.2 Å². The van der Waals surface area contributed by atoms with Crippen molar-refractivity contribution in [1.82, 2.24) is 0 Å². The molecule has 0 fully saturated rings. The van der Waals surface area contributed by atoms with Crippen LogP contribution in [0.15, 0.2) is 0 Å². The molecule has 2 N–H and O–H groups in total. The molecule has 0 rings (SSSR count). The summed E-state index contributed by atoms with van der Waals surface area (Å²) in [7, 11) is 0. The fourth-order valence-corrected chi connectivity index (χ4v) is 1.10. The van der Waals surface area contributed by atoms with Crippen LogP contribution >= 0.6 is 11.6 Å². The molecule has 0 unspecified atom stereocenters. The van der Waals surface area contributed by atoms with Gasteiger partial charge >= 0.3 is 0 Å². The van der Waals surface area contributed by atoms with Crippen molar-refractivity contribution in [3.05, 3.63) is 0 Å². The topological polar surface area (TPSA) is 40.5 Å². The van der Waals surface area contributed by atoms with E-state index in [2.05, 4.69) is 6.92 Å². The van der Waals surface area contributed by atoms with E-state index in [1.165, 1.54) is 0 Å². The van der Waals surface area contributed by atoms with E-state index in [1.54, 1.807) is 0 Å². The molecule has 68 valence electrons. The Balaban J connectivity index is 3.28. The lowest BCUT2D eigenvalue weighted by Gasteiger charge is -2.14. The Kier molecular flexibility index (Phi) is 7.02. The maximum Gasteiger partial charge on any atom is 0.0933 e. The molecule has 11 heavy (non-hydrogen) atoms. The van der Waals surface area contributed by atoms with Crippen molar-refractivity contribution in [2.45, 2.75) is 44.8 Å². The Hall–Kier alpha value is 0.210. The van der Waals surface area contributed by atoms with Gasteiger partial charge in [-0.15, -0.1) is 11.6 Å². The quantitative estimate of drug-likeness (QED) is 0.481. The summed E-state index contributed by atoms with van der Waals surface area (Å²) in [4.78, 5) is 0. The minimum Gasteiger partial charge on any atom is -0.390 e. The number of unbranched alkanes of at least 4 members (excludes halogenated alkanes) is 2. The maximum absolute atomic E-state index is 9.21. The van der Waals surface area contributed by atoms with Crippen LogP contribution in [0.3, 0.4) is 0 Å². The van der Waals surface area contributed by atoms with Crippen molar-refractivity contribution < 1.29 is 10.2 Å². The third-order valence-electron chi connectivity index (χ3n) is 1.71. The van der Waals surface area contributed by atoms with Gasteiger partial charge in [-0.05, 0) is 6.42 Å². The molecule has 0 saturated carbocycles. The Morgan fingerprint density at radius 1 is 1.18 bits per heavy atom. The largest absolute Gasteiger partial charge is 0.390 e. The van der Waals surface area contributed by atoms with Gasteiger partial charge in [0, 0.05) is 0 Å². The van der Waals surface area contributed by atoms with Crippen molar-refractivity contribution in [3.8, 4) is 0 Å². The minimum absolute atomic E-state index is 0.118. The van der Waals surface area contributed by atoms with Crippen LogP contribution < -0.4 is 0 Å². The number of rotatable bonds is 6. The minimum atomic E-state index is -0.756. The molecule has 0 spiro atoms. The summed E-state index contributed by atoms with van der Waals surface area (Å²) in [5.41, 5.74) is 0. The number of hydrogen-bond donors (Lipinski definition) is 2. The first-order valence-corrected chi connectivity index (χ1v) is 4.68. The van der Waals surface area contributed by atoms with Crippen molar-refractivity contribution in [1.29, 1.82) is 0 Å². The predicted octanol–water partition coefficient (Wildman–Crippen LogP) is 1.53. The lowest BCUT2D eigenvalue weighted by atomic mass is 10.1. The van der Waals surface area contributed by atoms with Crippen molar-refractivity contribution in [2.24, 2.45) is 0 Å². The van der Waals surface area contributed by atoms with Crippen LogP contribution in [0.1, 0.15) is 32.6 Å². The van der Waals surface area contributed by atoms with Crippen LogP contribution in [-0.4, -0.2) is 28.3 Å². The van der Waals surface area contributed by atoms with Gasteiger partial charge in [0.15, 0.2) is 0 Å². The Morgan fingerprint density at radius 2 is 1.82 bits per heavy atom. The van der Waals surface area contributed by atoms with Gasteiger partial charge in [0.25, 0.3) is 0 Å². The van der Waals surface area contributed by atoms with E-state index in [9.17, 15) is 5.11 Å². The molecular formula is C8H17ClO2. The van der Waals surface area contributed by atoms with Crippen LogP contribution in [0.4, 0.5) is 0 Å². The number of halogens is 1. The molecule has 0 saturated heterocycles. The highest BCUT2D eigenvalue weighted by Crippen LogP contribution is 2.07. The number of alkyl halides is 1.